The summed E-state index contributed by atoms with van der Waals surface area (Å²) in [5, 5.41) is 6.45. The summed E-state index contributed by atoms with van der Waals surface area (Å²) in [7, 11) is 0. The lowest BCUT2D eigenvalue weighted by molar-refractivity contribution is -0.128. The van der Waals surface area contributed by atoms with E-state index in [1.807, 2.05) is 31.2 Å². The molecule has 5 heteroatoms. The fourth-order valence-corrected chi connectivity index (χ4v) is 2.46. The largest absolute Gasteiger partial charge is 0.481 e. The molecule has 2 N–H and O–H groups in total. The molecule has 1 aromatic carbocycles. The number of aryl methyl sites for hydroxylation is 1. The maximum absolute atomic E-state index is 12.1. The van der Waals surface area contributed by atoms with Gasteiger partial charge in [0.1, 0.15) is 5.75 Å². The van der Waals surface area contributed by atoms with E-state index < -0.39 is 6.10 Å². The van der Waals surface area contributed by atoms with Crippen LogP contribution in [-0.4, -0.2) is 30.6 Å². The number of hydrogen-bond acceptors (Lipinski definition) is 3. The van der Waals surface area contributed by atoms with Gasteiger partial charge < -0.3 is 15.4 Å². The number of ether oxygens (including phenoxy) is 1. The van der Waals surface area contributed by atoms with Gasteiger partial charge in [-0.05, 0) is 52.3 Å². The van der Waals surface area contributed by atoms with Crippen molar-refractivity contribution in [2.75, 3.05) is 6.54 Å². The van der Waals surface area contributed by atoms with E-state index in [1.54, 1.807) is 6.92 Å². The summed E-state index contributed by atoms with van der Waals surface area (Å²) in [6.45, 7) is 6.92. The standard InChI is InChI=1S/C16H24N2O2.ClH/c1-11-4-6-15(7-5-11)20-13(3)16(19)18-14-8-9-17-12(2)10-14;/h4-7,12-14,17H,8-10H2,1-3H3,(H,18,19);1H. The van der Waals surface area contributed by atoms with Gasteiger partial charge in [0, 0.05) is 12.1 Å². The van der Waals surface area contributed by atoms with Gasteiger partial charge in [0.15, 0.2) is 6.10 Å². The van der Waals surface area contributed by atoms with Crippen molar-refractivity contribution in [3.8, 4) is 5.75 Å². The number of carbonyl (C=O) groups excluding carboxylic acids is 1. The molecule has 0 saturated carbocycles. The van der Waals surface area contributed by atoms with Crippen LogP contribution in [0.2, 0.25) is 0 Å². The number of halogens is 1. The zero-order valence-electron chi connectivity index (χ0n) is 12.9. The molecule has 1 aliphatic rings. The molecule has 1 saturated heterocycles. The summed E-state index contributed by atoms with van der Waals surface area (Å²) in [5.74, 6) is 0.696. The van der Waals surface area contributed by atoms with Crippen molar-refractivity contribution >= 4 is 18.3 Å². The van der Waals surface area contributed by atoms with E-state index in [1.165, 1.54) is 5.56 Å². The molecule has 3 unspecified atom stereocenters. The fraction of sp³-hybridized carbons (Fsp3) is 0.562. The molecule has 2 rings (SSSR count). The van der Waals surface area contributed by atoms with E-state index in [2.05, 4.69) is 17.6 Å². The second-order valence-electron chi connectivity index (χ2n) is 5.66. The third-order valence-corrected chi connectivity index (χ3v) is 3.67. The summed E-state index contributed by atoms with van der Waals surface area (Å²) in [6.07, 6.45) is 1.49. The maximum atomic E-state index is 12.1. The smallest absolute Gasteiger partial charge is 0.260 e. The van der Waals surface area contributed by atoms with Crippen LogP contribution in [0.1, 0.15) is 32.3 Å². The van der Waals surface area contributed by atoms with Crippen LogP contribution in [0.5, 0.6) is 5.75 Å². The zero-order chi connectivity index (χ0) is 14.5. The molecule has 0 aliphatic carbocycles. The van der Waals surface area contributed by atoms with E-state index in [9.17, 15) is 4.79 Å². The number of hydrogen-bond donors (Lipinski definition) is 2. The number of rotatable bonds is 4. The molecule has 3 atom stereocenters. The van der Waals surface area contributed by atoms with E-state index >= 15 is 0 Å². The minimum absolute atomic E-state index is 0. The van der Waals surface area contributed by atoms with Gasteiger partial charge in [0.05, 0.1) is 0 Å². The summed E-state index contributed by atoms with van der Waals surface area (Å²) in [6, 6.07) is 8.46. The van der Waals surface area contributed by atoms with Crippen molar-refractivity contribution in [1.29, 1.82) is 0 Å². The number of amides is 1. The van der Waals surface area contributed by atoms with Crippen molar-refractivity contribution in [2.45, 2.75) is 51.8 Å². The molecule has 4 nitrogen and oxygen atoms in total. The molecule has 1 aliphatic heterocycles. The van der Waals surface area contributed by atoms with Gasteiger partial charge in [0.25, 0.3) is 5.91 Å². The zero-order valence-corrected chi connectivity index (χ0v) is 13.7. The average molecular weight is 313 g/mol. The van der Waals surface area contributed by atoms with Gasteiger partial charge in [-0.15, -0.1) is 12.4 Å². The lowest BCUT2D eigenvalue weighted by Gasteiger charge is -2.29. The van der Waals surface area contributed by atoms with Gasteiger partial charge in [-0.25, -0.2) is 0 Å². The Bertz CT molecular complexity index is 450. The van der Waals surface area contributed by atoms with E-state index in [-0.39, 0.29) is 24.4 Å². The van der Waals surface area contributed by atoms with Gasteiger partial charge >= 0.3 is 0 Å². The molecule has 0 bridgehead atoms. The molecule has 1 heterocycles. The van der Waals surface area contributed by atoms with Gasteiger partial charge in [-0.1, -0.05) is 17.7 Å². The first-order chi connectivity index (χ1) is 9.54. The topological polar surface area (TPSA) is 50.4 Å². The predicted octanol–water partition coefficient (Wildman–Crippen LogP) is 2.44. The molecule has 0 aromatic heterocycles. The molecule has 1 fully saturated rings. The molecular weight excluding hydrogens is 288 g/mol. The van der Waals surface area contributed by atoms with Crippen LogP contribution in [0.3, 0.4) is 0 Å². The SMILES string of the molecule is Cc1ccc(OC(C)C(=O)NC2CCNC(C)C2)cc1.Cl. The minimum Gasteiger partial charge on any atom is -0.481 e. The van der Waals surface area contributed by atoms with Crippen molar-refractivity contribution in [2.24, 2.45) is 0 Å². The highest BCUT2D eigenvalue weighted by Crippen LogP contribution is 2.14. The van der Waals surface area contributed by atoms with Gasteiger partial charge in [0.2, 0.25) is 0 Å². The van der Waals surface area contributed by atoms with Crippen molar-refractivity contribution in [3.05, 3.63) is 29.8 Å². The Morgan fingerprint density at radius 2 is 2.05 bits per heavy atom. The molecular formula is C16H25ClN2O2. The van der Waals surface area contributed by atoms with E-state index in [0.717, 1.165) is 25.1 Å². The van der Waals surface area contributed by atoms with Crippen LogP contribution >= 0.6 is 12.4 Å². The van der Waals surface area contributed by atoms with Crippen LogP contribution in [0.25, 0.3) is 0 Å². The first-order valence-corrected chi connectivity index (χ1v) is 7.31. The van der Waals surface area contributed by atoms with Crippen molar-refractivity contribution in [3.63, 3.8) is 0 Å². The highest BCUT2D eigenvalue weighted by molar-refractivity contribution is 5.85. The van der Waals surface area contributed by atoms with Crippen LogP contribution in [0.4, 0.5) is 0 Å². The highest BCUT2D eigenvalue weighted by atomic mass is 35.5. The monoisotopic (exact) mass is 312 g/mol. The lowest BCUT2D eigenvalue weighted by Crippen LogP contribution is -2.49. The third kappa shape index (κ3) is 5.56. The summed E-state index contributed by atoms with van der Waals surface area (Å²) < 4.78 is 5.67. The fourth-order valence-electron chi connectivity index (χ4n) is 2.46. The number of benzene rings is 1. The molecule has 0 radical (unpaired) electrons. The quantitative estimate of drug-likeness (QED) is 0.898. The summed E-state index contributed by atoms with van der Waals surface area (Å²) in [5.41, 5.74) is 1.18. The minimum atomic E-state index is -0.470. The van der Waals surface area contributed by atoms with E-state index in [0.29, 0.717) is 6.04 Å². The highest BCUT2D eigenvalue weighted by Gasteiger charge is 2.23. The Balaban J connectivity index is 0.00000220. The normalized spacial score (nSPS) is 22.8. The Morgan fingerprint density at radius 1 is 1.38 bits per heavy atom. The van der Waals surface area contributed by atoms with Crippen LogP contribution < -0.4 is 15.4 Å². The number of carbonyl (C=O) groups is 1. The van der Waals surface area contributed by atoms with Crippen LogP contribution in [0.15, 0.2) is 24.3 Å². The third-order valence-electron chi connectivity index (χ3n) is 3.67. The van der Waals surface area contributed by atoms with Gasteiger partial charge in [-0.3, -0.25) is 4.79 Å². The van der Waals surface area contributed by atoms with Crippen molar-refractivity contribution < 1.29 is 9.53 Å². The molecule has 0 spiro atoms. The number of nitrogens with one attached hydrogen (secondary N) is 2. The number of piperidine rings is 1. The predicted molar refractivity (Wildman–Crippen MR) is 87.1 cm³/mol. The molecule has 1 amide bonds. The Morgan fingerprint density at radius 3 is 2.67 bits per heavy atom. The molecule has 118 valence electrons. The van der Waals surface area contributed by atoms with Gasteiger partial charge in [-0.2, -0.15) is 0 Å². The van der Waals surface area contributed by atoms with Crippen LogP contribution in [0, 0.1) is 6.92 Å². The summed E-state index contributed by atoms with van der Waals surface area (Å²) >= 11 is 0. The lowest BCUT2D eigenvalue weighted by atomic mass is 10.0. The maximum Gasteiger partial charge on any atom is 0.260 e. The second-order valence-corrected chi connectivity index (χ2v) is 5.66. The second kappa shape index (κ2) is 8.25. The van der Waals surface area contributed by atoms with Crippen LogP contribution in [-0.2, 0) is 4.79 Å². The first-order valence-electron chi connectivity index (χ1n) is 7.31. The summed E-state index contributed by atoms with van der Waals surface area (Å²) in [4.78, 5) is 12.1. The molecule has 21 heavy (non-hydrogen) atoms. The molecule has 1 aromatic rings. The first kappa shape index (κ1) is 17.8. The Labute approximate surface area is 133 Å². The van der Waals surface area contributed by atoms with E-state index in [4.69, 9.17) is 4.74 Å². The average Bonchev–Trinajstić information content (AvgIpc) is 2.41. The van der Waals surface area contributed by atoms with Crippen molar-refractivity contribution in [1.82, 2.24) is 10.6 Å². The Kier molecular flexibility index (Phi) is 6.99. The Hall–Kier alpha value is -1.26.